The lowest BCUT2D eigenvalue weighted by molar-refractivity contribution is 0.102. The number of benzene rings is 1. The van der Waals surface area contributed by atoms with Crippen LogP contribution in [0.5, 0.6) is 0 Å². The highest BCUT2D eigenvalue weighted by atomic mass is 32.1. The molecule has 128 valence electrons. The largest absolute Gasteiger partial charge is 0.315 e. The third-order valence-electron chi connectivity index (χ3n) is 4.36. The van der Waals surface area contributed by atoms with Gasteiger partial charge in [0.05, 0.1) is 17.2 Å². The quantitative estimate of drug-likeness (QED) is 0.752. The van der Waals surface area contributed by atoms with E-state index in [1.54, 1.807) is 5.51 Å². The fourth-order valence-electron chi connectivity index (χ4n) is 3.04. The number of hydrogen-bond donors (Lipinski definition) is 2. The second kappa shape index (κ2) is 6.73. The number of carbonyl (C=O) groups is 1. The van der Waals surface area contributed by atoms with E-state index in [2.05, 4.69) is 25.9 Å². The summed E-state index contributed by atoms with van der Waals surface area (Å²) in [5.41, 5.74) is 4.61. The minimum atomic E-state index is -0.254. The maximum absolute atomic E-state index is 12.7. The molecule has 1 aliphatic rings. The fraction of sp³-hybridized carbons (Fsp3) is 0.294. The minimum Gasteiger partial charge on any atom is -0.315 e. The Labute approximate surface area is 149 Å². The van der Waals surface area contributed by atoms with Crippen molar-refractivity contribution < 1.29 is 4.79 Å². The second-order valence-electron chi connectivity index (χ2n) is 5.96. The first-order valence-electron chi connectivity index (χ1n) is 8.17. The van der Waals surface area contributed by atoms with Crippen molar-refractivity contribution in [2.45, 2.75) is 19.4 Å². The van der Waals surface area contributed by atoms with Crippen molar-refractivity contribution in [1.82, 2.24) is 25.3 Å². The highest BCUT2D eigenvalue weighted by Gasteiger charge is 2.24. The van der Waals surface area contributed by atoms with E-state index in [-0.39, 0.29) is 11.9 Å². The van der Waals surface area contributed by atoms with E-state index in [0.717, 1.165) is 36.5 Å². The molecule has 3 heterocycles. The van der Waals surface area contributed by atoms with E-state index in [1.807, 2.05) is 41.9 Å². The van der Waals surface area contributed by atoms with E-state index < -0.39 is 0 Å². The molecule has 1 unspecified atom stereocenters. The third kappa shape index (κ3) is 3.06. The van der Waals surface area contributed by atoms with Gasteiger partial charge in [-0.05, 0) is 19.9 Å². The zero-order valence-electron chi connectivity index (χ0n) is 13.8. The van der Waals surface area contributed by atoms with Crippen LogP contribution in [-0.2, 0) is 0 Å². The maximum atomic E-state index is 12.7. The molecule has 1 aliphatic heterocycles. The van der Waals surface area contributed by atoms with Crippen LogP contribution in [-0.4, -0.2) is 39.0 Å². The zero-order valence-corrected chi connectivity index (χ0v) is 14.6. The molecule has 2 aromatic heterocycles. The smallest absolute Gasteiger partial charge is 0.278 e. The Morgan fingerprint density at radius 2 is 2.20 bits per heavy atom. The molecule has 0 saturated carbocycles. The number of thiazole rings is 1. The molecule has 0 aliphatic carbocycles. The molecular weight excluding hydrogens is 336 g/mol. The normalized spacial score (nSPS) is 16.9. The first-order chi connectivity index (χ1) is 12.2. The van der Waals surface area contributed by atoms with E-state index in [9.17, 15) is 4.79 Å². The van der Waals surface area contributed by atoms with Crippen LogP contribution >= 0.6 is 11.3 Å². The molecule has 1 atom stereocenters. The monoisotopic (exact) mass is 354 g/mol. The third-order valence-corrected chi connectivity index (χ3v) is 5.11. The first kappa shape index (κ1) is 15.9. The molecule has 2 N–H and O–H groups in total. The summed E-state index contributed by atoms with van der Waals surface area (Å²) >= 11 is 1.40. The summed E-state index contributed by atoms with van der Waals surface area (Å²) in [6, 6.07) is 10.1. The summed E-state index contributed by atoms with van der Waals surface area (Å²) in [4.78, 5) is 17.1. The van der Waals surface area contributed by atoms with Gasteiger partial charge in [0.1, 0.15) is 10.7 Å². The number of hydrogen-bond acceptors (Lipinski definition) is 6. The molecule has 1 amide bonds. The maximum Gasteiger partial charge on any atom is 0.278 e. The molecule has 0 bridgehead atoms. The Hall–Kier alpha value is -2.58. The number of nitrogens with one attached hydrogen (secondary N) is 2. The average Bonchev–Trinajstić information content (AvgIpc) is 3.36. The van der Waals surface area contributed by atoms with Crippen LogP contribution in [0.4, 0.5) is 5.00 Å². The zero-order chi connectivity index (χ0) is 17.2. The standard InChI is InChI=1S/C17H18N6OS/c1-11-14(21-22-23(11)13-7-8-18-9-13)16(24)20-17-15(19-10-25-17)12-5-3-2-4-6-12/h2-6,10,13,18H,7-9H2,1H3,(H,20,24). The molecule has 1 saturated heterocycles. The molecule has 8 heteroatoms. The molecule has 3 aromatic rings. The predicted molar refractivity (Wildman–Crippen MR) is 96.8 cm³/mol. The topological polar surface area (TPSA) is 84.7 Å². The molecule has 0 spiro atoms. The number of aromatic nitrogens is 4. The molecule has 25 heavy (non-hydrogen) atoms. The van der Waals surface area contributed by atoms with E-state index >= 15 is 0 Å². The highest BCUT2D eigenvalue weighted by Crippen LogP contribution is 2.30. The lowest BCUT2D eigenvalue weighted by atomic mass is 10.1. The molecular formula is C17H18N6OS. The summed E-state index contributed by atoms with van der Waals surface area (Å²) in [6.07, 6.45) is 0.998. The van der Waals surface area contributed by atoms with Gasteiger partial charge < -0.3 is 10.6 Å². The van der Waals surface area contributed by atoms with Gasteiger partial charge in [0.15, 0.2) is 5.69 Å². The second-order valence-corrected chi connectivity index (χ2v) is 6.82. The Balaban J connectivity index is 1.57. The van der Waals surface area contributed by atoms with Gasteiger partial charge in [-0.15, -0.1) is 16.4 Å². The van der Waals surface area contributed by atoms with Crippen molar-refractivity contribution >= 4 is 22.2 Å². The van der Waals surface area contributed by atoms with Crippen LogP contribution in [0.3, 0.4) is 0 Å². The van der Waals surface area contributed by atoms with Gasteiger partial charge in [0, 0.05) is 12.1 Å². The number of anilines is 1. The Morgan fingerprint density at radius 1 is 1.36 bits per heavy atom. The summed E-state index contributed by atoms with van der Waals surface area (Å²) < 4.78 is 1.85. The van der Waals surface area contributed by atoms with Gasteiger partial charge in [-0.2, -0.15) is 0 Å². The van der Waals surface area contributed by atoms with E-state index in [1.165, 1.54) is 11.3 Å². The number of nitrogens with zero attached hydrogens (tertiary/aromatic N) is 4. The number of carbonyl (C=O) groups excluding carboxylic acids is 1. The van der Waals surface area contributed by atoms with Crippen molar-refractivity contribution in [1.29, 1.82) is 0 Å². The number of amides is 1. The van der Waals surface area contributed by atoms with E-state index in [0.29, 0.717) is 10.7 Å². The Kier molecular flexibility index (Phi) is 4.29. The fourth-order valence-corrected chi connectivity index (χ4v) is 3.74. The van der Waals surface area contributed by atoms with Crippen molar-refractivity contribution in [3.8, 4) is 11.3 Å². The Morgan fingerprint density at radius 3 is 2.96 bits per heavy atom. The molecule has 1 fully saturated rings. The van der Waals surface area contributed by atoms with Crippen molar-refractivity contribution in [2.75, 3.05) is 18.4 Å². The summed E-state index contributed by atoms with van der Waals surface area (Å²) in [5.74, 6) is -0.254. The van der Waals surface area contributed by atoms with Gasteiger partial charge in [-0.1, -0.05) is 35.5 Å². The highest BCUT2D eigenvalue weighted by molar-refractivity contribution is 7.14. The summed E-state index contributed by atoms with van der Waals surface area (Å²) in [6.45, 7) is 3.71. The van der Waals surface area contributed by atoms with Crippen LogP contribution in [0, 0.1) is 6.92 Å². The van der Waals surface area contributed by atoms with Crippen LogP contribution in [0.1, 0.15) is 28.6 Å². The van der Waals surface area contributed by atoms with Crippen molar-refractivity contribution in [2.24, 2.45) is 0 Å². The molecule has 7 nitrogen and oxygen atoms in total. The SMILES string of the molecule is Cc1c(C(=O)Nc2scnc2-c2ccccc2)nnn1C1CCNC1. The van der Waals surface area contributed by atoms with Crippen LogP contribution in [0.15, 0.2) is 35.8 Å². The first-order valence-corrected chi connectivity index (χ1v) is 9.05. The van der Waals surface area contributed by atoms with Crippen LogP contribution in [0.2, 0.25) is 0 Å². The predicted octanol–water partition coefficient (Wildman–Crippen LogP) is 2.50. The van der Waals surface area contributed by atoms with Gasteiger partial charge in [-0.25, -0.2) is 9.67 Å². The Bertz CT molecular complexity index is 882. The van der Waals surface area contributed by atoms with Gasteiger partial charge in [0.2, 0.25) is 0 Å². The molecule has 0 radical (unpaired) electrons. The summed E-state index contributed by atoms with van der Waals surface area (Å²) in [7, 11) is 0. The van der Waals surface area contributed by atoms with Gasteiger partial charge >= 0.3 is 0 Å². The lowest BCUT2D eigenvalue weighted by Gasteiger charge is -2.10. The van der Waals surface area contributed by atoms with Crippen molar-refractivity contribution in [3.63, 3.8) is 0 Å². The van der Waals surface area contributed by atoms with Gasteiger partial charge in [0.25, 0.3) is 5.91 Å². The van der Waals surface area contributed by atoms with E-state index in [4.69, 9.17) is 0 Å². The van der Waals surface area contributed by atoms with Crippen LogP contribution < -0.4 is 10.6 Å². The number of rotatable bonds is 4. The lowest BCUT2D eigenvalue weighted by Crippen LogP contribution is -2.17. The molecule has 4 rings (SSSR count). The van der Waals surface area contributed by atoms with Gasteiger partial charge in [-0.3, -0.25) is 4.79 Å². The molecule has 1 aromatic carbocycles. The summed E-state index contributed by atoms with van der Waals surface area (Å²) in [5, 5.41) is 15.2. The minimum absolute atomic E-state index is 0.254. The van der Waals surface area contributed by atoms with Crippen molar-refractivity contribution in [3.05, 3.63) is 47.2 Å². The average molecular weight is 354 g/mol. The van der Waals surface area contributed by atoms with Crippen LogP contribution in [0.25, 0.3) is 11.3 Å².